The molecule has 0 aromatic heterocycles. The quantitative estimate of drug-likeness (QED) is 0.821. The largest absolute Gasteiger partial charge is 0.377 e. The molecule has 0 unspecified atom stereocenters. The Hall–Kier alpha value is -1.77. The van der Waals surface area contributed by atoms with Crippen LogP contribution in [0.4, 0.5) is 5.69 Å². The smallest absolute Gasteiger partial charge is 0.257 e. The number of anilines is 1. The molecule has 1 amide bonds. The average molecular weight is 258 g/mol. The summed E-state index contributed by atoms with van der Waals surface area (Å²) in [6.45, 7) is 8.34. The minimum absolute atomic E-state index is 0.0119. The molecule has 0 spiro atoms. The molecular formula is C16H22N2O. The summed E-state index contributed by atoms with van der Waals surface area (Å²) in [7, 11) is 0. The molecule has 2 rings (SSSR count). The molecule has 0 bridgehead atoms. The second kappa shape index (κ2) is 5.91. The summed E-state index contributed by atoms with van der Waals surface area (Å²) in [5, 5.41) is 2.94. The van der Waals surface area contributed by atoms with Crippen LogP contribution in [0.2, 0.25) is 0 Å². The van der Waals surface area contributed by atoms with Crippen molar-refractivity contribution >= 4 is 17.2 Å². The number of rotatable bonds is 5. The number of carbonyl (C=O) groups is 1. The third-order valence-corrected chi connectivity index (χ3v) is 3.29. The van der Waals surface area contributed by atoms with Gasteiger partial charge in [0, 0.05) is 30.5 Å². The minimum atomic E-state index is 0.0119. The zero-order valence-electron chi connectivity index (χ0n) is 12.0. The number of aryl methyl sites for hydroxylation is 1. The van der Waals surface area contributed by atoms with E-state index in [0.717, 1.165) is 42.8 Å². The number of amides is 1. The van der Waals surface area contributed by atoms with E-state index in [1.165, 1.54) is 5.56 Å². The van der Waals surface area contributed by atoms with E-state index in [4.69, 9.17) is 0 Å². The highest BCUT2D eigenvalue weighted by Crippen LogP contribution is 2.32. The molecule has 1 heterocycles. The van der Waals surface area contributed by atoms with Crippen LogP contribution < -0.4 is 5.32 Å². The summed E-state index contributed by atoms with van der Waals surface area (Å²) in [5.74, 6) is 0.0119. The maximum Gasteiger partial charge on any atom is 0.257 e. The Kier molecular flexibility index (Phi) is 4.25. The molecule has 1 aromatic carbocycles. The van der Waals surface area contributed by atoms with Crippen molar-refractivity contribution in [2.75, 3.05) is 18.4 Å². The number of fused-ring (bicyclic) bond motifs is 1. The fourth-order valence-electron chi connectivity index (χ4n) is 2.43. The highest BCUT2D eigenvalue weighted by molar-refractivity contribution is 6.31. The van der Waals surface area contributed by atoms with Gasteiger partial charge < -0.3 is 10.2 Å². The predicted octanol–water partition coefficient (Wildman–Crippen LogP) is 3.41. The van der Waals surface area contributed by atoms with Crippen molar-refractivity contribution in [3.8, 4) is 0 Å². The van der Waals surface area contributed by atoms with Crippen LogP contribution in [0.3, 0.4) is 0 Å². The molecule has 1 aliphatic heterocycles. The third-order valence-electron chi connectivity index (χ3n) is 3.29. The van der Waals surface area contributed by atoms with Gasteiger partial charge in [-0.3, -0.25) is 4.79 Å². The third kappa shape index (κ3) is 2.98. The van der Waals surface area contributed by atoms with Gasteiger partial charge >= 0.3 is 0 Å². The van der Waals surface area contributed by atoms with E-state index in [2.05, 4.69) is 30.1 Å². The van der Waals surface area contributed by atoms with Gasteiger partial charge in [0.2, 0.25) is 0 Å². The predicted molar refractivity (Wildman–Crippen MR) is 79.9 cm³/mol. The second-order valence-corrected chi connectivity index (χ2v) is 5.08. The molecule has 102 valence electrons. The van der Waals surface area contributed by atoms with Gasteiger partial charge in [0.15, 0.2) is 0 Å². The SMILES string of the molecule is CCCN(/C=C1/C(=O)Nc2cc(C)ccc21)CCC. The van der Waals surface area contributed by atoms with Crippen LogP contribution in [0, 0.1) is 6.92 Å². The van der Waals surface area contributed by atoms with Crippen molar-refractivity contribution in [2.45, 2.75) is 33.6 Å². The Morgan fingerprint density at radius 1 is 1.21 bits per heavy atom. The highest BCUT2D eigenvalue weighted by Gasteiger charge is 2.24. The number of hydrogen-bond acceptors (Lipinski definition) is 2. The lowest BCUT2D eigenvalue weighted by Gasteiger charge is -2.19. The summed E-state index contributed by atoms with van der Waals surface area (Å²) in [5.41, 5.74) is 3.91. The fourth-order valence-corrected chi connectivity index (χ4v) is 2.43. The van der Waals surface area contributed by atoms with Gasteiger partial charge in [0.25, 0.3) is 5.91 Å². The molecular weight excluding hydrogens is 236 g/mol. The van der Waals surface area contributed by atoms with Crippen LogP contribution in [-0.2, 0) is 4.79 Å². The lowest BCUT2D eigenvalue weighted by Crippen LogP contribution is -2.20. The molecule has 19 heavy (non-hydrogen) atoms. The van der Waals surface area contributed by atoms with Crippen molar-refractivity contribution < 1.29 is 4.79 Å². The van der Waals surface area contributed by atoms with Gasteiger partial charge in [-0.2, -0.15) is 0 Å². The van der Waals surface area contributed by atoms with Crippen LogP contribution in [0.15, 0.2) is 24.4 Å². The summed E-state index contributed by atoms with van der Waals surface area (Å²) < 4.78 is 0. The van der Waals surface area contributed by atoms with E-state index < -0.39 is 0 Å². The Morgan fingerprint density at radius 2 is 1.89 bits per heavy atom. The highest BCUT2D eigenvalue weighted by atomic mass is 16.2. The van der Waals surface area contributed by atoms with Crippen molar-refractivity contribution in [2.24, 2.45) is 0 Å². The van der Waals surface area contributed by atoms with Crippen molar-refractivity contribution in [3.63, 3.8) is 0 Å². The lowest BCUT2D eigenvalue weighted by atomic mass is 10.1. The standard InChI is InChI=1S/C16H22N2O/c1-4-8-18(9-5-2)11-14-13-7-6-12(3)10-15(13)17-16(14)19/h6-7,10-11H,4-5,8-9H2,1-3H3,(H,17,19)/b14-11+. The first-order valence-corrected chi connectivity index (χ1v) is 7.04. The number of carbonyl (C=O) groups excluding carboxylic acids is 1. The number of nitrogens with one attached hydrogen (secondary N) is 1. The monoisotopic (exact) mass is 258 g/mol. The van der Waals surface area contributed by atoms with Gasteiger partial charge in [0.1, 0.15) is 0 Å². The first kappa shape index (κ1) is 13.7. The molecule has 0 saturated carbocycles. The second-order valence-electron chi connectivity index (χ2n) is 5.08. The van der Waals surface area contributed by atoms with Crippen molar-refractivity contribution in [1.29, 1.82) is 0 Å². The first-order chi connectivity index (χ1) is 9.15. The lowest BCUT2D eigenvalue weighted by molar-refractivity contribution is -0.110. The van der Waals surface area contributed by atoms with Crippen LogP contribution in [0.5, 0.6) is 0 Å². The average Bonchev–Trinajstić information content (AvgIpc) is 2.66. The summed E-state index contributed by atoms with van der Waals surface area (Å²) in [4.78, 5) is 14.3. The topological polar surface area (TPSA) is 32.3 Å². The Morgan fingerprint density at radius 3 is 2.53 bits per heavy atom. The van der Waals surface area contributed by atoms with Crippen LogP contribution in [-0.4, -0.2) is 23.9 Å². The zero-order valence-corrected chi connectivity index (χ0v) is 12.0. The number of nitrogens with zero attached hydrogens (tertiary/aromatic N) is 1. The number of benzene rings is 1. The van der Waals surface area contributed by atoms with Gasteiger partial charge in [-0.15, -0.1) is 0 Å². The normalized spacial score (nSPS) is 15.5. The molecule has 1 N–H and O–H groups in total. The summed E-state index contributed by atoms with van der Waals surface area (Å²) in [6, 6.07) is 6.11. The van der Waals surface area contributed by atoms with Gasteiger partial charge in [-0.25, -0.2) is 0 Å². The maximum absolute atomic E-state index is 12.1. The van der Waals surface area contributed by atoms with Crippen LogP contribution >= 0.6 is 0 Å². The molecule has 0 aliphatic carbocycles. The zero-order chi connectivity index (χ0) is 13.8. The fraction of sp³-hybridized carbons (Fsp3) is 0.438. The van der Waals surface area contributed by atoms with E-state index >= 15 is 0 Å². The molecule has 1 aromatic rings. The molecule has 0 saturated heterocycles. The molecule has 3 heteroatoms. The summed E-state index contributed by atoms with van der Waals surface area (Å²) >= 11 is 0. The van der Waals surface area contributed by atoms with E-state index in [0.29, 0.717) is 0 Å². The maximum atomic E-state index is 12.1. The molecule has 0 radical (unpaired) electrons. The first-order valence-electron chi connectivity index (χ1n) is 7.04. The molecule has 0 atom stereocenters. The van der Waals surface area contributed by atoms with Crippen LogP contribution in [0.1, 0.15) is 37.8 Å². The van der Waals surface area contributed by atoms with E-state index in [1.807, 2.05) is 25.3 Å². The van der Waals surface area contributed by atoms with E-state index in [9.17, 15) is 4.79 Å². The minimum Gasteiger partial charge on any atom is -0.377 e. The Labute approximate surface area is 115 Å². The Bertz CT molecular complexity index is 499. The molecule has 0 fully saturated rings. The molecule has 3 nitrogen and oxygen atoms in total. The summed E-state index contributed by atoms with van der Waals surface area (Å²) in [6.07, 6.45) is 4.20. The van der Waals surface area contributed by atoms with Crippen LogP contribution in [0.25, 0.3) is 5.57 Å². The van der Waals surface area contributed by atoms with E-state index in [-0.39, 0.29) is 5.91 Å². The van der Waals surface area contributed by atoms with Crippen molar-refractivity contribution in [1.82, 2.24) is 4.90 Å². The van der Waals surface area contributed by atoms with Gasteiger partial charge in [0.05, 0.1) is 5.57 Å². The van der Waals surface area contributed by atoms with E-state index in [1.54, 1.807) is 0 Å². The number of hydrogen-bond donors (Lipinski definition) is 1. The van der Waals surface area contributed by atoms with Gasteiger partial charge in [-0.1, -0.05) is 26.0 Å². The Balaban J connectivity index is 2.31. The van der Waals surface area contributed by atoms with Gasteiger partial charge in [-0.05, 0) is 31.4 Å². The molecule has 1 aliphatic rings. The van der Waals surface area contributed by atoms with Crippen molar-refractivity contribution in [3.05, 3.63) is 35.5 Å².